The van der Waals surface area contributed by atoms with E-state index in [1.807, 2.05) is 0 Å². The van der Waals surface area contributed by atoms with Crippen LogP contribution in [0.5, 0.6) is 0 Å². The predicted molar refractivity (Wildman–Crippen MR) is 75.7 cm³/mol. The summed E-state index contributed by atoms with van der Waals surface area (Å²) in [5.74, 6) is -0.00990. The van der Waals surface area contributed by atoms with Crippen molar-refractivity contribution in [3.8, 4) is 0 Å². The lowest BCUT2D eigenvalue weighted by Crippen LogP contribution is -2.42. The standard InChI is InChI=1S/C16H19FN2O2/c17-13-6-4-11(5-7-13)9-19-10-14(8-15(19)20)18-16(21)12-2-1-3-12/h4-7,12,14H,1-3,8-10H2,(H,18,21)/t14-/m1/s1. The second-order valence-corrected chi connectivity index (χ2v) is 5.94. The van der Waals surface area contributed by atoms with Crippen molar-refractivity contribution >= 4 is 11.8 Å². The first kappa shape index (κ1) is 14.0. The normalized spacial score (nSPS) is 22.2. The Hall–Kier alpha value is -1.91. The number of nitrogens with zero attached hydrogens (tertiary/aromatic N) is 1. The summed E-state index contributed by atoms with van der Waals surface area (Å²) in [6.45, 7) is 1.00. The van der Waals surface area contributed by atoms with Crippen LogP contribution in [-0.2, 0) is 16.1 Å². The maximum Gasteiger partial charge on any atom is 0.225 e. The minimum atomic E-state index is -0.280. The van der Waals surface area contributed by atoms with Crippen molar-refractivity contribution in [2.45, 2.75) is 38.3 Å². The Morgan fingerprint density at radius 2 is 2.00 bits per heavy atom. The van der Waals surface area contributed by atoms with E-state index in [4.69, 9.17) is 0 Å². The molecule has 1 aromatic carbocycles. The zero-order valence-corrected chi connectivity index (χ0v) is 11.8. The summed E-state index contributed by atoms with van der Waals surface area (Å²) in [4.78, 5) is 25.6. The van der Waals surface area contributed by atoms with E-state index in [-0.39, 0.29) is 29.6 Å². The molecule has 3 rings (SSSR count). The largest absolute Gasteiger partial charge is 0.351 e. The summed E-state index contributed by atoms with van der Waals surface area (Å²) in [5, 5.41) is 2.97. The van der Waals surface area contributed by atoms with Gasteiger partial charge in [-0.1, -0.05) is 18.6 Å². The van der Waals surface area contributed by atoms with Gasteiger partial charge in [0.25, 0.3) is 0 Å². The number of carbonyl (C=O) groups is 2. The van der Waals surface area contributed by atoms with Gasteiger partial charge in [-0.3, -0.25) is 9.59 Å². The van der Waals surface area contributed by atoms with Crippen LogP contribution < -0.4 is 5.32 Å². The molecule has 112 valence electrons. The van der Waals surface area contributed by atoms with Crippen LogP contribution in [0.2, 0.25) is 0 Å². The lowest BCUT2D eigenvalue weighted by Gasteiger charge is -2.26. The lowest BCUT2D eigenvalue weighted by atomic mass is 9.84. The molecule has 2 amide bonds. The molecule has 0 unspecified atom stereocenters. The van der Waals surface area contributed by atoms with Crippen LogP contribution in [0.3, 0.4) is 0 Å². The SMILES string of the molecule is O=C(N[C@@H]1CC(=O)N(Cc2ccc(F)cc2)C1)C1CCC1. The van der Waals surface area contributed by atoms with Gasteiger partial charge in [-0.15, -0.1) is 0 Å². The number of hydrogen-bond acceptors (Lipinski definition) is 2. The fourth-order valence-corrected chi connectivity index (χ4v) is 2.82. The van der Waals surface area contributed by atoms with Crippen LogP contribution in [0.1, 0.15) is 31.2 Å². The maximum atomic E-state index is 12.9. The van der Waals surface area contributed by atoms with E-state index in [2.05, 4.69) is 5.32 Å². The molecule has 2 fully saturated rings. The minimum Gasteiger partial charge on any atom is -0.351 e. The molecular weight excluding hydrogens is 271 g/mol. The molecule has 1 aromatic rings. The minimum absolute atomic E-state index is 0.0400. The third-order valence-electron chi connectivity index (χ3n) is 4.32. The number of rotatable bonds is 4. The van der Waals surface area contributed by atoms with Gasteiger partial charge in [0.05, 0.1) is 6.04 Å². The number of halogens is 1. The number of hydrogen-bond donors (Lipinski definition) is 1. The molecule has 2 aliphatic rings. The number of amides is 2. The molecular formula is C16H19FN2O2. The van der Waals surface area contributed by atoms with E-state index in [1.54, 1.807) is 17.0 Å². The summed E-state index contributed by atoms with van der Waals surface area (Å²) in [5.41, 5.74) is 0.899. The first-order valence-corrected chi connectivity index (χ1v) is 7.44. The van der Waals surface area contributed by atoms with E-state index >= 15 is 0 Å². The van der Waals surface area contributed by atoms with Crippen LogP contribution in [0, 0.1) is 11.7 Å². The Kier molecular flexibility index (Phi) is 3.90. The maximum absolute atomic E-state index is 12.9. The van der Waals surface area contributed by atoms with Gasteiger partial charge in [0.15, 0.2) is 0 Å². The molecule has 4 nitrogen and oxygen atoms in total. The molecule has 1 aliphatic heterocycles. The molecule has 1 saturated heterocycles. The Labute approximate surface area is 123 Å². The molecule has 21 heavy (non-hydrogen) atoms. The molecule has 5 heteroatoms. The average molecular weight is 290 g/mol. The third kappa shape index (κ3) is 3.23. The monoisotopic (exact) mass is 290 g/mol. The first-order valence-electron chi connectivity index (χ1n) is 7.44. The Bertz CT molecular complexity index is 540. The van der Waals surface area contributed by atoms with Crippen LogP contribution in [0.4, 0.5) is 4.39 Å². The van der Waals surface area contributed by atoms with Gasteiger partial charge in [-0.05, 0) is 30.5 Å². The molecule has 0 aromatic heterocycles. The quantitative estimate of drug-likeness (QED) is 0.920. The summed E-state index contributed by atoms with van der Waals surface area (Å²) >= 11 is 0. The smallest absolute Gasteiger partial charge is 0.225 e. The van der Waals surface area contributed by atoms with Gasteiger partial charge in [0.1, 0.15) is 5.82 Å². The van der Waals surface area contributed by atoms with Gasteiger partial charge in [0, 0.05) is 25.4 Å². The predicted octanol–water partition coefficient (Wildman–Crippen LogP) is 1.84. The van der Waals surface area contributed by atoms with Gasteiger partial charge in [0.2, 0.25) is 11.8 Å². The van der Waals surface area contributed by atoms with Crippen LogP contribution >= 0.6 is 0 Å². The highest BCUT2D eigenvalue weighted by molar-refractivity contribution is 5.83. The Balaban J connectivity index is 1.54. The molecule has 1 saturated carbocycles. The second kappa shape index (κ2) is 5.84. The molecule has 0 bridgehead atoms. The van der Waals surface area contributed by atoms with Crippen molar-refractivity contribution in [3.05, 3.63) is 35.6 Å². The summed E-state index contributed by atoms with van der Waals surface area (Å²) in [6.07, 6.45) is 3.41. The number of likely N-dealkylation sites (tertiary alicyclic amines) is 1. The van der Waals surface area contributed by atoms with E-state index < -0.39 is 0 Å². The Morgan fingerprint density at radius 1 is 1.29 bits per heavy atom. The number of carbonyl (C=O) groups excluding carboxylic acids is 2. The summed E-state index contributed by atoms with van der Waals surface area (Å²) in [6, 6.07) is 6.06. The Morgan fingerprint density at radius 3 is 2.62 bits per heavy atom. The van der Waals surface area contributed by atoms with Crippen molar-refractivity contribution in [2.75, 3.05) is 6.54 Å². The van der Waals surface area contributed by atoms with Gasteiger partial charge < -0.3 is 10.2 Å². The highest BCUT2D eigenvalue weighted by Gasteiger charge is 2.33. The molecule has 0 spiro atoms. The second-order valence-electron chi connectivity index (χ2n) is 5.94. The van der Waals surface area contributed by atoms with E-state index in [1.165, 1.54) is 12.1 Å². The summed E-state index contributed by atoms with van der Waals surface area (Å²) in [7, 11) is 0. The van der Waals surface area contributed by atoms with Crippen molar-refractivity contribution in [1.82, 2.24) is 10.2 Å². The van der Waals surface area contributed by atoms with Gasteiger partial charge in [-0.25, -0.2) is 4.39 Å². The molecule has 1 N–H and O–H groups in total. The molecule has 1 atom stereocenters. The fourth-order valence-electron chi connectivity index (χ4n) is 2.82. The third-order valence-corrected chi connectivity index (χ3v) is 4.32. The first-order chi connectivity index (χ1) is 10.1. The van der Waals surface area contributed by atoms with Gasteiger partial charge in [-0.2, -0.15) is 0 Å². The van der Waals surface area contributed by atoms with Crippen molar-refractivity contribution in [1.29, 1.82) is 0 Å². The van der Waals surface area contributed by atoms with Crippen LogP contribution in [0.15, 0.2) is 24.3 Å². The zero-order chi connectivity index (χ0) is 14.8. The van der Waals surface area contributed by atoms with Crippen molar-refractivity contribution < 1.29 is 14.0 Å². The summed E-state index contributed by atoms with van der Waals surface area (Å²) < 4.78 is 12.9. The highest BCUT2D eigenvalue weighted by Crippen LogP contribution is 2.27. The van der Waals surface area contributed by atoms with E-state index in [0.717, 1.165) is 24.8 Å². The van der Waals surface area contributed by atoms with Crippen molar-refractivity contribution in [3.63, 3.8) is 0 Å². The lowest BCUT2D eigenvalue weighted by molar-refractivity contribution is -0.128. The van der Waals surface area contributed by atoms with E-state index in [9.17, 15) is 14.0 Å². The van der Waals surface area contributed by atoms with Crippen LogP contribution in [0.25, 0.3) is 0 Å². The van der Waals surface area contributed by atoms with Crippen LogP contribution in [-0.4, -0.2) is 29.3 Å². The molecule has 1 aliphatic carbocycles. The number of benzene rings is 1. The molecule has 1 heterocycles. The number of nitrogens with one attached hydrogen (secondary N) is 1. The fraction of sp³-hybridized carbons (Fsp3) is 0.500. The zero-order valence-electron chi connectivity index (χ0n) is 11.8. The highest BCUT2D eigenvalue weighted by atomic mass is 19.1. The van der Waals surface area contributed by atoms with Gasteiger partial charge >= 0.3 is 0 Å². The van der Waals surface area contributed by atoms with E-state index in [0.29, 0.717) is 19.5 Å². The molecule has 0 radical (unpaired) electrons. The van der Waals surface area contributed by atoms with Crippen molar-refractivity contribution in [2.24, 2.45) is 5.92 Å². The average Bonchev–Trinajstić information content (AvgIpc) is 2.70. The topological polar surface area (TPSA) is 49.4 Å².